The average Bonchev–Trinajstić information content (AvgIpc) is 1.83. The van der Waals surface area contributed by atoms with Gasteiger partial charge in [-0.1, -0.05) is 17.7 Å². The SMILES string of the molecule is Oc1cccc(Cl)c1Br. The van der Waals surface area contributed by atoms with Crippen LogP contribution in [0.3, 0.4) is 0 Å². The summed E-state index contributed by atoms with van der Waals surface area (Å²) in [5.41, 5.74) is 0. The molecule has 9 heavy (non-hydrogen) atoms. The molecule has 1 N–H and O–H groups in total. The van der Waals surface area contributed by atoms with E-state index in [2.05, 4.69) is 15.9 Å². The summed E-state index contributed by atoms with van der Waals surface area (Å²) in [6.45, 7) is 0. The lowest BCUT2D eigenvalue weighted by atomic mass is 10.3. The zero-order valence-corrected chi connectivity index (χ0v) is 6.78. The van der Waals surface area contributed by atoms with Gasteiger partial charge in [0.25, 0.3) is 0 Å². The van der Waals surface area contributed by atoms with Gasteiger partial charge < -0.3 is 5.11 Å². The van der Waals surface area contributed by atoms with Crippen molar-refractivity contribution in [1.82, 2.24) is 0 Å². The number of phenols is 1. The molecule has 0 aromatic heterocycles. The Bertz CT molecular complexity index is 204. The minimum Gasteiger partial charge on any atom is -0.507 e. The zero-order chi connectivity index (χ0) is 6.85. The van der Waals surface area contributed by atoms with Gasteiger partial charge in [0.05, 0.1) is 9.50 Å². The second kappa shape index (κ2) is 2.58. The minimum absolute atomic E-state index is 0.169. The molecule has 0 amide bonds. The first-order valence-corrected chi connectivity index (χ1v) is 3.52. The van der Waals surface area contributed by atoms with E-state index in [4.69, 9.17) is 16.7 Å². The van der Waals surface area contributed by atoms with E-state index in [0.29, 0.717) is 9.50 Å². The number of aromatic hydroxyl groups is 1. The maximum absolute atomic E-state index is 8.97. The van der Waals surface area contributed by atoms with Crippen molar-refractivity contribution in [2.24, 2.45) is 0 Å². The number of rotatable bonds is 0. The topological polar surface area (TPSA) is 20.2 Å². The molecule has 1 rings (SSSR count). The monoisotopic (exact) mass is 206 g/mol. The zero-order valence-electron chi connectivity index (χ0n) is 4.44. The summed E-state index contributed by atoms with van der Waals surface area (Å²) < 4.78 is 0.548. The second-order valence-corrected chi connectivity index (χ2v) is 2.77. The molecule has 0 atom stereocenters. The lowest BCUT2D eigenvalue weighted by Crippen LogP contribution is -1.68. The Morgan fingerprint density at radius 2 is 2.11 bits per heavy atom. The number of hydrogen-bond acceptors (Lipinski definition) is 1. The van der Waals surface area contributed by atoms with E-state index in [1.54, 1.807) is 18.2 Å². The van der Waals surface area contributed by atoms with E-state index < -0.39 is 0 Å². The summed E-state index contributed by atoms with van der Waals surface area (Å²) >= 11 is 8.70. The molecular weight excluding hydrogens is 203 g/mol. The Balaban J connectivity index is 3.25. The van der Waals surface area contributed by atoms with Crippen molar-refractivity contribution in [1.29, 1.82) is 0 Å². The van der Waals surface area contributed by atoms with E-state index in [1.165, 1.54) is 0 Å². The molecule has 0 heterocycles. The van der Waals surface area contributed by atoms with Gasteiger partial charge in [0, 0.05) is 0 Å². The van der Waals surface area contributed by atoms with E-state index in [9.17, 15) is 0 Å². The molecule has 0 saturated heterocycles. The number of phenolic OH excluding ortho intramolecular Hbond substituents is 1. The highest BCUT2D eigenvalue weighted by molar-refractivity contribution is 9.10. The molecule has 0 aliphatic heterocycles. The molecule has 1 aromatic carbocycles. The summed E-state index contributed by atoms with van der Waals surface area (Å²) in [5, 5.41) is 9.49. The summed E-state index contributed by atoms with van der Waals surface area (Å²) in [6, 6.07) is 4.95. The predicted molar refractivity (Wildman–Crippen MR) is 40.8 cm³/mol. The Morgan fingerprint density at radius 3 is 2.56 bits per heavy atom. The van der Waals surface area contributed by atoms with Crippen molar-refractivity contribution in [3.63, 3.8) is 0 Å². The van der Waals surface area contributed by atoms with E-state index in [1.807, 2.05) is 0 Å². The van der Waals surface area contributed by atoms with Gasteiger partial charge in [0.1, 0.15) is 5.75 Å². The molecule has 1 aromatic rings. The number of hydrogen-bond donors (Lipinski definition) is 1. The number of benzene rings is 1. The Hall–Kier alpha value is -0.210. The third-order valence-electron chi connectivity index (χ3n) is 0.931. The molecule has 0 fully saturated rings. The molecule has 0 saturated carbocycles. The smallest absolute Gasteiger partial charge is 0.131 e. The molecule has 0 aliphatic carbocycles. The van der Waals surface area contributed by atoms with Gasteiger partial charge in [-0.2, -0.15) is 0 Å². The lowest BCUT2D eigenvalue weighted by Gasteiger charge is -1.95. The fraction of sp³-hybridized carbons (Fsp3) is 0. The second-order valence-electron chi connectivity index (χ2n) is 1.57. The molecule has 1 nitrogen and oxygen atoms in total. The van der Waals surface area contributed by atoms with Gasteiger partial charge in [-0.3, -0.25) is 0 Å². The van der Waals surface area contributed by atoms with Gasteiger partial charge in [-0.05, 0) is 28.1 Å². The van der Waals surface area contributed by atoms with Crippen molar-refractivity contribution < 1.29 is 5.11 Å². The van der Waals surface area contributed by atoms with E-state index >= 15 is 0 Å². The van der Waals surface area contributed by atoms with Crippen LogP contribution < -0.4 is 0 Å². The third kappa shape index (κ3) is 1.37. The van der Waals surface area contributed by atoms with Crippen molar-refractivity contribution >= 4 is 27.5 Å². The van der Waals surface area contributed by atoms with E-state index in [0.717, 1.165) is 0 Å². The van der Waals surface area contributed by atoms with Crippen LogP contribution >= 0.6 is 27.5 Å². The van der Waals surface area contributed by atoms with E-state index in [-0.39, 0.29) is 5.75 Å². The molecule has 3 heteroatoms. The minimum atomic E-state index is 0.169. The first-order valence-electron chi connectivity index (χ1n) is 2.35. The largest absolute Gasteiger partial charge is 0.507 e. The maximum atomic E-state index is 8.97. The normalized spacial score (nSPS) is 9.56. The molecular formula is C6H4BrClO. The summed E-state index contributed by atoms with van der Waals surface area (Å²) in [6.07, 6.45) is 0. The molecule has 0 radical (unpaired) electrons. The molecule has 0 bridgehead atoms. The summed E-state index contributed by atoms with van der Waals surface area (Å²) in [5.74, 6) is 0.169. The fourth-order valence-electron chi connectivity index (χ4n) is 0.492. The average molecular weight is 207 g/mol. The van der Waals surface area contributed by atoms with Crippen LogP contribution in [-0.2, 0) is 0 Å². The Labute approximate surface area is 66.4 Å². The first-order chi connectivity index (χ1) is 4.22. The van der Waals surface area contributed by atoms with Gasteiger partial charge in [0.2, 0.25) is 0 Å². The highest BCUT2D eigenvalue weighted by Gasteiger charge is 1.98. The van der Waals surface area contributed by atoms with Gasteiger partial charge in [-0.25, -0.2) is 0 Å². The van der Waals surface area contributed by atoms with Crippen LogP contribution in [0.5, 0.6) is 5.75 Å². The van der Waals surface area contributed by atoms with Crippen LogP contribution in [-0.4, -0.2) is 5.11 Å². The summed E-state index contributed by atoms with van der Waals surface area (Å²) in [7, 11) is 0. The Kier molecular flexibility index (Phi) is 1.98. The van der Waals surface area contributed by atoms with Crippen LogP contribution in [0.4, 0.5) is 0 Å². The fourth-order valence-corrected chi connectivity index (χ4v) is 0.926. The first kappa shape index (κ1) is 6.90. The molecule has 48 valence electrons. The van der Waals surface area contributed by atoms with Crippen LogP contribution in [0.2, 0.25) is 5.02 Å². The number of halogens is 2. The van der Waals surface area contributed by atoms with Crippen LogP contribution in [0.15, 0.2) is 22.7 Å². The highest BCUT2D eigenvalue weighted by atomic mass is 79.9. The van der Waals surface area contributed by atoms with Crippen LogP contribution in [0.25, 0.3) is 0 Å². The van der Waals surface area contributed by atoms with Crippen molar-refractivity contribution in [3.05, 3.63) is 27.7 Å². The van der Waals surface area contributed by atoms with Gasteiger partial charge in [0.15, 0.2) is 0 Å². The van der Waals surface area contributed by atoms with Gasteiger partial charge in [-0.15, -0.1) is 0 Å². The highest BCUT2D eigenvalue weighted by Crippen LogP contribution is 2.30. The standard InChI is InChI=1S/C6H4BrClO/c7-6-4(8)2-1-3-5(6)9/h1-3,9H. The van der Waals surface area contributed by atoms with Crippen molar-refractivity contribution in [3.8, 4) is 5.75 Å². The van der Waals surface area contributed by atoms with Crippen LogP contribution in [0, 0.1) is 0 Å². The lowest BCUT2D eigenvalue weighted by molar-refractivity contribution is 0.472. The quantitative estimate of drug-likeness (QED) is 0.694. The molecule has 0 unspecified atom stereocenters. The van der Waals surface area contributed by atoms with Gasteiger partial charge >= 0.3 is 0 Å². The maximum Gasteiger partial charge on any atom is 0.131 e. The summed E-state index contributed by atoms with van der Waals surface area (Å²) in [4.78, 5) is 0. The third-order valence-corrected chi connectivity index (χ3v) is 2.31. The van der Waals surface area contributed by atoms with Crippen molar-refractivity contribution in [2.75, 3.05) is 0 Å². The Morgan fingerprint density at radius 1 is 1.44 bits per heavy atom. The molecule has 0 aliphatic rings. The predicted octanol–water partition coefficient (Wildman–Crippen LogP) is 2.81. The van der Waals surface area contributed by atoms with Crippen molar-refractivity contribution in [2.45, 2.75) is 0 Å². The molecule has 0 spiro atoms. The van der Waals surface area contributed by atoms with Crippen LogP contribution in [0.1, 0.15) is 0 Å².